The van der Waals surface area contributed by atoms with Gasteiger partial charge in [0.2, 0.25) is 5.82 Å². The maximum Gasteiger partial charge on any atom is 0.200 e. The van der Waals surface area contributed by atoms with Crippen molar-refractivity contribution >= 4 is 17.0 Å². The average molecular weight is 338 g/mol. The summed E-state index contributed by atoms with van der Waals surface area (Å²) in [6, 6.07) is 7.93. The number of aryl methyl sites for hydroxylation is 1. The van der Waals surface area contributed by atoms with E-state index in [4.69, 9.17) is 0 Å². The quantitative estimate of drug-likeness (QED) is 0.619. The molecule has 0 saturated heterocycles. The van der Waals surface area contributed by atoms with Crippen LogP contribution in [0.25, 0.3) is 17.0 Å². The van der Waals surface area contributed by atoms with Gasteiger partial charge in [-0.3, -0.25) is 4.98 Å². The van der Waals surface area contributed by atoms with E-state index in [0.717, 1.165) is 6.20 Å². The third kappa shape index (κ3) is 2.78. The van der Waals surface area contributed by atoms with Crippen LogP contribution >= 0.6 is 0 Å². The number of pyridine rings is 2. The minimum atomic E-state index is -0.497. The summed E-state index contributed by atoms with van der Waals surface area (Å²) < 4.78 is 29.0. The molecule has 4 aromatic heterocycles. The fourth-order valence-corrected chi connectivity index (χ4v) is 2.41. The Morgan fingerprint density at radius 1 is 1.04 bits per heavy atom. The molecule has 0 spiro atoms. The number of hydrogen-bond acceptors (Lipinski definition) is 5. The maximum atomic E-state index is 13.9. The van der Waals surface area contributed by atoms with Gasteiger partial charge in [0, 0.05) is 12.4 Å². The molecule has 0 aromatic carbocycles. The number of halogens is 2. The Bertz CT molecular complexity index is 1080. The van der Waals surface area contributed by atoms with Crippen LogP contribution in [0.5, 0.6) is 0 Å². The van der Waals surface area contributed by atoms with Gasteiger partial charge in [-0.15, -0.1) is 5.10 Å². The monoisotopic (exact) mass is 338 g/mol. The zero-order chi connectivity index (χ0) is 17.4. The van der Waals surface area contributed by atoms with E-state index in [-0.39, 0.29) is 11.4 Å². The van der Waals surface area contributed by atoms with Gasteiger partial charge in [-0.25, -0.2) is 23.3 Å². The Labute approximate surface area is 141 Å². The van der Waals surface area contributed by atoms with E-state index in [1.54, 1.807) is 29.8 Å². The Hall–Kier alpha value is -3.42. The van der Waals surface area contributed by atoms with Crippen molar-refractivity contribution in [2.75, 3.05) is 5.32 Å². The van der Waals surface area contributed by atoms with Gasteiger partial charge in [-0.2, -0.15) is 0 Å². The molecule has 6 nitrogen and oxygen atoms in total. The van der Waals surface area contributed by atoms with Crippen LogP contribution < -0.4 is 5.32 Å². The third-order valence-corrected chi connectivity index (χ3v) is 3.67. The van der Waals surface area contributed by atoms with Crippen molar-refractivity contribution in [2.24, 2.45) is 0 Å². The lowest BCUT2D eigenvalue weighted by atomic mass is 10.3. The summed E-state index contributed by atoms with van der Waals surface area (Å²) in [4.78, 5) is 12.3. The number of fused-ring (bicyclic) bond motifs is 1. The van der Waals surface area contributed by atoms with E-state index in [1.807, 2.05) is 0 Å². The molecule has 4 heterocycles. The summed E-state index contributed by atoms with van der Waals surface area (Å²) >= 11 is 0. The molecule has 25 heavy (non-hydrogen) atoms. The maximum absolute atomic E-state index is 13.9. The smallest absolute Gasteiger partial charge is 0.200 e. The Morgan fingerprint density at radius 2 is 1.92 bits per heavy atom. The van der Waals surface area contributed by atoms with Crippen molar-refractivity contribution in [1.82, 2.24) is 24.6 Å². The van der Waals surface area contributed by atoms with E-state index in [9.17, 15) is 8.78 Å². The molecule has 0 fully saturated rings. The summed E-state index contributed by atoms with van der Waals surface area (Å²) in [5.41, 5.74) is 1.58. The predicted molar refractivity (Wildman–Crippen MR) is 88.4 cm³/mol. The molecule has 124 valence electrons. The zero-order valence-corrected chi connectivity index (χ0v) is 13.1. The van der Waals surface area contributed by atoms with Crippen molar-refractivity contribution in [3.8, 4) is 11.5 Å². The number of nitrogens with zero attached hydrogens (tertiary/aromatic N) is 5. The number of anilines is 2. The molecule has 0 radical (unpaired) electrons. The summed E-state index contributed by atoms with van der Waals surface area (Å²) in [5, 5.41) is 7.32. The highest BCUT2D eigenvalue weighted by Crippen LogP contribution is 2.24. The van der Waals surface area contributed by atoms with E-state index in [0.29, 0.717) is 22.9 Å². The molecule has 0 aliphatic carbocycles. The standard InChI is InChI=1S/C17H12F2N6/c1-10-11(18)4-5-14(21-10)16-23-17(15-3-2-8-25(15)24-16)22-13-6-7-20-9-12(13)19/h2-9H,1H3,(H,20,22,23,24). The normalized spacial score (nSPS) is 11.0. The minimum absolute atomic E-state index is 0.242. The largest absolute Gasteiger partial charge is 0.336 e. The molecule has 8 heteroatoms. The van der Waals surface area contributed by atoms with E-state index in [1.165, 1.54) is 24.4 Å². The van der Waals surface area contributed by atoms with Crippen molar-refractivity contribution in [3.05, 3.63) is 66.3 Å². The summed E-state index contributed by atoms with van der Waals surface area (Å²) in [5.74, 6) is -0.196. The minimum Gasteiger partial charge on any atom is -0.336 e. The highest BCUT2D eigenvalue weighted by molar-refractivity contribution is 5.74. The molecule has 0 amide bonds. The number of hydrogen-bond donors (Lipinski definition) is 1. The number of aromatic nitrogens is 5. The SMILES string of the molecule is Cc1nc(-c2nc(Nc3ccncc3F)c3cccn3n2)ccc1F. The Balaban J connectivity index is 1.85. The van der Waals surface area contributed by atoms with Crippen molar-refractivity contribution in [1.29, 1.82) is 0 Å². The summed E-state index contributed by atoms with van der Waals surface area (Å²) in [7, 11) is 0. The molecule has 1 N–H and O–H groups in total. The van der Waals surface area contributed by atoms with Crippen LogP contribution in [0.1, 0.15) is 5.69 Å². The molecule has 4 aromatic rings. The second-order valence-electron chi connectivity index (χ2n) is 5.37. The molecule has 0 unspecified atom stereocenters. The molecular formula is C17H12F2N6. The van der Waals surface area contributed by atoms with Gasteiger partial charge in [0.15, 0.2) is 11.6 Å². The van der Waals surface area contributed by atoms with Crippen LogP contribution in [0.4, 0.5) is 20.3 Å². The van der Waals surface area contributed by atoms with Gasteiger partial charge in [-0.1, -0.05) is 0 Å². The average Bonchev–Trinajstić information content (AvgIpc) is 3.08. The van der Waals surface area contributed by atoms with Crippen molar-refractivity contribution in [2.45, 2.75) is 6.92 Å². The van der Waals surface area contributed by atoms with E-state index in [2.05, 4.69) is 25.4 Å². The summed E-state index contributed by atoms with van der Waals surface area (Å²) in [6.45, 7) is 1.57. The Kier molecular flexibility index (Phi) is 3.57. The third-order valence-electron chi connectivity index (χ3n) is 3.67. The highest BCUT2D eigenvalue weighted by atomic mass is 19.1. The van der Waals surface area contributed by atoms with Gasteiger partial charge in [0.25, 0.3) is 0 Å². The first-order chi connectivity index (χ1) is 12.1. The fraction of sp³-hybridized carbons (Fsp3) is 0.0588. The highest BCUT2D eigenvalue weighted by Gasteiger charge is 2.13. The molecule has 0 bridgehead atoms. The van der Waals surface area contributed by atoms with Gasteiger partial charge in [0.1, 0.15) is 17.0 Å². The first kappa shape index (κ1) is 15.1. The predicted octanol–water partition coefficient (Wildman–Crippen LogP) is 3.52. The second kappa shape index (κ2) is 5.90. The topological polar surface area (TPSA) is 68.0 Å². The molecule has 0 atom stereocenters. The molecule has 0 aliphatic heterocycles. The van der Waals surface area contributed by atoms with Gasteiger partial charge >= 0.3 is 0 Å². The summed E-state index contributed by atoms with van der Waals surface area (Å²) in [6.07, 6.45) is 4.34. The van der Waals surface area contributed by atoms with Crippen LogP contribution in [0.3, 0.4) is 0 Å². The lowest BCUT2D eigenvalue weighted by Gasteiger charge is -2.10. The van der Waals surface area contributed by atoms with Crippen molar-refractivity contribution in [3.63, 3.8) is 0 Å². The molecule has 0 saturated carbocycles. The molecule has 0 aliphatic rings. The lowest BCUT2D eigenvalue weighted by molar-refractivity contribution is 0.610. The Morgan fingerprint density at radius 3 is 2.72 bits per heavy atom. The van der Waals surface area contributed by atoms with E-state index < -0.39 is 11.6 Å². The van der Waals surface area contributed by atoms with Crippen LogP contribution in [0.15, 0.2) is 48.9 Å². The number of nitrogens with one attached hydrogen (secondary N) is 1. The van der Waals surface area contributed by atoms with Crippen LogP contribution in [0.2, 0.25) is 0 Å². The fourth-order valence-electron chi connectivity index (χ4n) is 2.41. The molecular weight excluding hydrogens is 326 g/mol. The second-order valence-corrected chi connectivity index (χ2v) is 5.37. The lowest BCUT2D eigenvalue weighted by Crippen LogP contribution is -2.05. The first-order valence-electron chi connectivity index (χ1n) is 7.47. The number of rotatable bonds is 3. The zero-order valence-electron chi connectivity index (χ0n) is 13.1. The van der Waals surface area contributed by atoms with Gasteiger partial charge < -0.3 is 5.32 Å². The van der Waals surface area contributed by atoms with E-state index >= 15 is 0 Å². The van der Waals surface area contributed by atoms with Crippen LogP contribution in [0, 0.1) is 18.6 Å². The van der Waals surface area contributed by atoms with Crippen LogP contribution in [-0.4, -0.2) is 24.6 Å². The first-order valence-corrected chi connectivity index (χ1v) is 7.47. The van der Waals surface area contributed by atoms with Crippen LogP contribution in [-0.2, 0) is 0 Å². The molecule has 4 rings (SSSR count). The van der Waals surface area contributed by atoms with Gasteiger partial charge in [0.05, 0.1) is 17.6 Å². The van der Waals surface area contributed by atoms with Crippen molar-refractivity contribution < 1.29 is 8.78 Å². The van der Waals surface area contributed by atoms with Gasteiger partial charge in [-0.05, 0) is 37.3 Å².